The lowest BCUT2D eigenvalue weighted by Gasteiger charge is -2.19. The highest BCUT2D eigenvalue weighted by molar-refractivity contribution is 7.80. The molecule has 0 unspecified atom stereocenters. The second-order valence-corrected chi connectivity index (χ2v) is 10.4. The molecule has 3 rings (SSSR count). The quantitative estimate of drug-likeness (QED) is 0.255. The van der Waals surface area contributed by atoms with Crippen molar-refractivity contribution in [3.8, 4) is 0 Å². The van der Waals surface area contributed by atoms with Gasteiger partial charge in [-0.1, -0.05) is 71.0 Å². The summed E-state index contributed by atoms with van der Waals surface area (Å²) in [5.74, 6) is -0.0303. The van der Waals surface area contributed by atoms with E-state index in [2.05, 4.69) is 62.7 Å². The monoisotopic (exact) mass is 499 g/mol. The first-order valence-electron chi connectivity index (χ1n) is 11.9. The van der Waals surface area contributed by atoms with E-state index in [1.807, 2.05) is 36.4 Å². The van der Waals surface area contributed by atoms with Gasteiger partial charge in [-0.2, -0.15) is 0 Å². The molecule has 6 heteroatoms. The Morgan fingerprint density at radius 2 is 1.36 bits per heavy atom. The Bertz CT molecular complexity index is 1240. The van der Waals surface area contributed by atoms with Crippen molar-refractivity contribution in [2.75, 3.05) is 10.6 Å². The summed E-state index contributed by atoms with van der Waals surface area (Å²) >= 11 is 5.25. The highest BCUT2D eigenvalue weighted by Crippen LogP contribution is 2.23. The zero-order valence-electron chi connectivity index (χ0n) is 21.4. The molecule has 186 valence electrons. The van der Waals surface area contributed by atoms with E-state index in [1.54, 1.807) is 30.3 Å². The highest BCUT2D eigenvalue weighted by Gasteiger charge is 2.14. The van der Waals surface area contributed by atoms with Gasteiger partial charge in [0, 0.05) is 23.0 Å². The third kappa shape index (κ3) is 7.89. The maximum Gasteiger partial charge on any atom is 0.255 e. The topological polar surface area (TPSA) is 70.2 Å². The lowest BCUT2D eigenvalue weighted by Crippen LogP contribution is -2.32. The molecule has 0 aliphatic carbocycles. The summed E-state index contributed by atoms with van der Waals surface area (Å²) in [4.78, 5) is 24.8. The van der Waals surface area contributed by atoms with Crippen molar-refractivity contribution < 1.29 is 9.59 Å². The molecule has 0 aliphatic heterocycles. The lowest BCUT2D eigenvalue weighted by atomic mass is 9.87. The van der Waals surface area contributed by atoms with Crippen molar-refractivity contribution in [1.82, 2.24) is 5.32 Å². The Morgan fingerprint density at radius 3 is 1.89 bits per heavy atom. The highest BCUT2D eigenvalue weighted by atomic mass is 32.1. The molecule has 3 aromatic carbocycles. The normalized spacial score (nSPS) is 11.4. The summed E-state index contributed by atoms with van der Waals surface area (Å²) in [7, 11) is 0. The molecule has 5 nitrogen and oxygen atoms in total. The van der Waals surface area contributed by atoms with Gasteiger partial charge in [0.1, 0.15) is 0 Å². The lowest BCUT2D eigenvalue weighted by molar-refractivity contribution is -0.115. The summed E-state index contributed by atoms with van der Waals surface area (Å²) < 4.78 is 0. The molecule has 0 heterocycles. The number of thiocarbonyl (C=S) groups is 1. The first-order valence-corrected chi connectivity index (χ1v) is 12.3. The molecule has 0 bridgehead atoms. The first-order chi connectivity index (χ1) is 17.0. The van der Waals surface area contributed by atoms with E-state index in [4.69, 9.17) is 12.2 Å². The largest absolute Gasteiger partial charge is 0.332 e. The zero-order valence-corrected chi connectivity index (χ0v) is 22.2. The molecule has 36 heavy (non-hydrogen) atoms. The van der Waals surface area contributed by atoms with Crippen LogP contribution in [0, 0.1) is 0 Å². The van der Waals surface area contributed by atoms with Crippen LogP contribution in [0.5, 0.6) is 0 Å². The Kier molecular flexibility index (Phi) is 8.78. The van der Waals surface area contributed by atoms with Crippen LogP contribution >= 0.6 is 12.2 Å². The van der Waals surface area contributed by atoms with Crippen molar-refractivity contribution in [2.24, 2.45) is 0 Å². The minimum Gasteiger partial charge on any atom is -0.332 e. The van der Waals surface area contributed by atoms with Crippen molar-refractivity contribution in [3.05, 3.63) is 101 Å². The number of anilines is 2. The fourth-order valence-corrected chi connectivity index (χ4v) is 3.66. The third-order valence-electron chi connectivity index (χ3n) is 5.68. The summed E-state index contributed by atoms with van der Waals surface area (Å²) in [6.45, 7) is 10.7. The molecule has 3 N–H and O–H groups in total. The maximum absolute atomic E-state index is 12.6. The zero-order chi connectivity index (χ0) is 26.3. The second-order valence-electron chi connectivity index (χ2n) is 9.96. The minimum atomic E-state index is -0.318. The average molecular weight is 500 g/mol. The van der Waals surface area contributed by atoms with Crippen LogP contribution in [0.2, 0.25) is 0 Å². The van der Waals surface area contributed by atoms with Crippen LogP contribution in [0.1, 0.15) is 67.6 Å². The molecule has 2 amide bonds. The number of amides is 2. The molecule has 0 radical (unpaired) electrons. The Hall–Kier alpha value is -3.77. The van der Waals surface area contributed by atoms with E-state index in [-0.39, 0.29) is 22.3 Å². The predicted molar refractivity (Wildman–Crippen MR) is 153 cm³/mol. The molecular weight excluding hydrogens is 466 g/mol. The van der Waals surface area contributed by atoms with Crippen LogP contribution in [0.3, 0.4) is 0 Å². The third-order valence-corrected chi connectivity index (χ3v) is 5.88. The number of rotatable bonds is 6. The molecule has 0 saturated carbocycles. The van der Waals surface area contributed by atoms with E-state index in [0.29, 0.717) is 22.9 Å². The maximum atomic E-state index is 12.6. The molecule has 0 aromatic heterocycles. The van der Waals surface area contributed by atoms with Gasteiger partial charge in [0.2, 0.25) is 5.91 Å². The van der Waals surface area contributed by atoms with Gasteiger partial charge in [0.05, 0.1) is 0 Å². The van der Waals surface area contributed by atoms with Gasteiger partial charge < -0.3 is 10.6 Å². The van der Waals surface area contributed by atoms with E-state index in [1.165, 1.54) is 17.2 Å². The predicted octanol–water partition coefficient (Wildman–Crippen LogP) is 6.89. The smallest absolute Gasteiger partial charge is 0.255 e. The number of benzene rings is 3. The molecule has 0 aliphatic rings. The van der Waals surface area contributed by atoms with Crippen LogP contribution < -0.4 is 16.0 Å². The molecule has 3 aromatic rings. The van der Waals surface area contributed by atoms with Gasteiger partial charge in [-0.05, 0) is 82.7 Å². The first kappa shape index (κ1) is 26.8. The SMILES string of the molecule is CC(C)c1ccc(/C=C/C(=O)NC(=S)Nc2ccc(NC(=O)c3ccc(C(C)(C)C)cc3)cc2)cc1. The van der Waals surface area contributed by atoms with Crippen molar-refractivity contribution >= 4 is 46.6 Å². The number of carbonyl (C=O) groups excluding carboxylic acids is 2. The molecule has 0 spiro atoms. The molecule has 0 saturated heterocycles. The number of carbonyl (C=O) groups is 2. The summed E-state index contributed by atoms with van der Waals surface area (Å²) in [5.41, 5.74) is 5.35. The van der Waals surface area contributed by atoms with Gasteiger partial charge in [-0.15, -0.1) is 0 Å². The van der Waals surface area contributed by atoms with E-state index < -0.39 is 0 Å². The van der Waals surface area contributed by atoms with E-state index in [0.717, 1.165) is 5.56 Å². The van der Waals surface area contributed by atoms with Crippen LogP contribution in [0.15, 0.2) is 78.9 Å². The standard InChI is InChI=1S/C30H33N3O2S/c1-20(2)22-9-6-21(7-10-22)8-19-27(34)33-29(36)32-26-17-15-25(16-18-26)31-28(35)23-11-13-24(14-12-23)30(3,4)5/h6-20H,1-5H3,(H,31,35)(H2,32,33,34,36)/b19-8+. The summed E-state index contributed by atoms with van der Waals surface area (Å²) in [5, 5.41) is 8.70. The second kappa shape index (κ2) is 11.8. The number of hydrogen-bond acceptors (Lipinski definition) is 3. The Balaban J connectivity index is 1.49. The van der Waals surface area contributed by atoms with Gasteiger partial charge in [-0.25, -0.2) is 0 Å². The summed E-state index contributed by atoms with van der Waals surface area (Å²) in [6.07, 6.45) is 3.20. The van der Waals surface area contributed by atoms with Crippen LogP contribution in [0.25, 0.3) is 6.08 Å². The van der Waals surface area contributed by atoms with E-state index in [9.17, 15) is 9.59 Å². The molecular formula is C30H33N3O2S. The average Bonchev–Trinajstić information content (AvgIpc) is 2.83. The fourth-order valence-electron chi connectivity index (χ4n) is 3.44. The summed E-state index contributed by atoms with van der Waals surface area (Å²) in [6, 6.07) is 22.8. The van der Waals surface area contributed by atoms with Crippen LogP contribution in [-0.4, -0.2) is 16.9 Å². The van der Waals surface area contributed by atoms with Gasteiger partial charge in [0.25, 0.3) is 5.91 Å². The Labute approximate surface area is 219 Å². The van der Waals surface area contributed by atoms with Gasteiger partial charge in [0.15, 0.2) is 5.11 Å². The van der Waals surface area contributed by atoms with Crippen molar-refractivity contribution in [2.45, 2.75) is 46.0 Å². The van der Waals surface area contributed by atoms with Crippen molar-refractivity contribution in [3.63, 3.8) is 0 Å². The number of hydrogen-bond donors (Lipinski definition) is 3. The minimum absolute atomic E-state index is 0.0355. The van der Waals surface area contributed by atoms with Crippen LogP contribution in [0.4, 0.5) is 11.4 Å². The molecule has 0 atom stereocenters. The fraction of sp³-hybridized carbons (Fsp3) is 0.233. The van der Waals surface area contributed by atoms with Crippen LogP contribution in [-0.2, 0) is 10.2 Å². The van der Waals surface area contributed by atoms with Crippen molar-refractivity contribution in [1.29, 1.82) is 0 Å². The Morgan fingerprint density at radius 1 is 0.806 bits per heavy atom. The van der Waals surface area contributed by atoms with Gasteiger partial charge >= 0.3 is 0 Å². The van der Waals surface area contributed by atoms with E-state index >= 15 is 0 Å². The number of nitrogens with one attached hydrogen (secondary N) is 3. The van der Waals surface area contributed by atoms with Gasteiger partial charge in [-0.3, -0.25) is 14.9 Å². The molecule has 0 fully saturated rings.